The first-order valence-corrected chi connectivity index (χ1v) is 10.5. The highest BCUT2D eigenvalue weighted by Crippen LogP contribution is 2.24. The Morgan fingerprint density at radius 2 is 1.35 bits per heavy atom. The summed E-state index contributed by atoms with van der Waals surface area (Å²) in [6.07, 6.45) is 20.5. The van der Waals surface area contributed by atoms with Gasteiger partial charge < -0.3 is 10.4 Å². The standard InChI is InChI=1S/C22H41NO3/c1-4-5-6-7-8-9-10-11-12-13-14-15-16-17-18-22(2,3)21(26)23-19-20(24)25/h11-12H,4-10,13-19H2,1-3H3,(H,23,26)(H,24,25)/b12-11-. The predicted molar refractivity (Wildman–Crippen MR) is 109 cm³/mol. The van der Waals surface area contributed by atoms with E-state index in [0.717, 1.165) is 25.7 Å². The number of aliphatic carboxylic acids is 1. The molecule has 0 rings (SSSR count). The second-order valence-electron chi connectivity index (χ2n) is 7.94. The predicted octanol–water partition coefficient (Wildman–Crippen LogP) is 5.86. The van der Waals surface area contributed by atoms with Crippen molar-refractivity contribution < 1.29 is 14.7 Å². The number of allylic oxidation sites excluding steroid dienone is 2. The van der Waals surface area contributed by atoms with Crippen LogP contribution in [0.3, 0.4) is 0 Å². The van der Waals surface area contributed by atoms with Crippen LogP contribution in [0.4, 0.5) is 0 Å². The van der Waals surface area contributed by atoms with Gasteiger partial charge in [-0.1, -0.05) is 84.3 Å². The molecular formula is C22H41NO3. The van der Waals surface area contributed by atoms with E-state index in [2.05, 4.69) is 24.4 Å². The minimum atomic E-state index is -1.00. The molecule has 0 aliphatic rings. The van der Waals surface area contributed by atoms with Crippen LogP contribution in [0.25, 0.3) is 0 Å². The van der Waals surface area contributed by atoms with Gasteiger partial charge in [-0.15, -0.1) is 0 Å². The van der Waals surface area contributed by atoms with Crippen molar-refractivity contribution in [3.05, 3.63) is 12.2 Å². The molecule has 152 valence electrons. The third kappa shape index (κ3) is 15.0. The summed E-state index contributed by atoms with van der Waals surface area (Å²) in [5.74, 6) is -1.17. The number of carboxylic acid groups (broad SMARTS) is 1. The molecule has 0 aromatic rings. The summed E-state index contributed by atoms with van der Waals surface area (Å²) in [7, 11) is 0. The largest absolute Gasteiger partial charge is 0.480 e. The van der Waals surface area contributed by atoms with Gasteiger partial charge in [-0.25, -0.2) is 0 Å². The molecule has 0 aliphatic heterocycles. The first-order valence-electron chi connectivity index (χ1n) is 10.5. The summed E-state index contributed by atoms with van der Waals surface area (Å²) >= 11 is 0. The maximum absolute atomic E-state index is 12.0. The van der Waals surface area contributed by atoms with E-state index in [1.165, 1.54) is 57.8 Å². The summed E-state index contributed by atoms with van der Waals surface area (Å²) in [6.45, 7) is 5.72. The van der Waals surface area contributed by atoms with Gasteiger partial charge in [-0.3, -0.25) is 9.59 Å². The lowest BCUT2D eigenvalue weighted by Crippen LogP contribution is -2.39. The van der Waals surface area contributed by atoms with Crippen LogP contribution in [0.2, 0.25) is 0 Å². The lowest BCUT2D eigenvalue weighted by molar-refractivity contribution is -0.139. The molecule has 4 nitrogen and oxygen atoms in total. The molecule has 0 saturated heterocycles. The number of nitrogens with one attached hydrogen (secondary N) is 1. The van der Waals surface area contributed by atoms with Crippen LogP contribution in [0, 0.1) is 5.41 Å². The molecule has 0 saturated carbocycles. The van der Waals surface area contributed by atoms with Gasteiger partial charge in [-0.05, 0) is 32.1 Å². The molecule has 2 N–H and O–H groups in total. The molecule has 0 radical (unpaired) electrons. The van der Waals surface area contributed by atoms with Crippen molar-refractivity contribution in [1.29, 1.82) is 0 Å². The average Bonchev–Trinajstić information content (AvgIpc) is 2.59. The molecule has 0 atom stereocenters. The van der Waals surface area contributed by atoms with Crippen molar-refractivity contribution in [3.63, 3.8) is 0 Å². The Bertz CT molecular complexity index is 402. The van der Waals surface area contributed by atoms with Gasteiger partial charge in [0.25, 0.3) is 0 Å². The summed E-state index contributed by atoms with van der Waals surface area (Å²) in [5.41, 5.74) is -0.494. The van der Waals surface area contributed by atoms with Crippen LogP contribution in [-0.4, -0.2) is 23.5 Å². The van der Waals surface area contributed by atoms with Gasteiger partial charge in [-0.2, -0.15) is 0 Å². The van der Waals surface area contributed by atoms with Gasteiger partial charge in [0.15, 0.2) is 0 Å². The normalized spacial score (nSPS) is 11.8. The molecule has 1 amide bonds. The van der Waals surface area contributed by atoms with E-state index in [-0.39, 0.29) is 12.5 Å². The van der Waals surface area contributed by atoms with Crippen molar-refractivity contribution in [3.8, 4) is 0 Å². The van der Waals surface area contributed by atoms with Crippen molar-refractivity contribution in [1.82, 2.24) is 5.32 Å². The highest BCUT2D eigenvalue weighted by Gasteiger charge is 2.26. The van der Waals surface area contributed by atoms with E-state index in [4.69, 9.17) is 5.11 Å². The minimum Gasteiger partial charge on any atom is -0.480 e. The van der Waals surface area contributed by atoms with Gasteiger partial charge >= 0.3 is 5.97 Å². The van der Waals surface area contributed by atoms with E-state index < -0.39 is 11.4 Å². The zero-order valence-corrected chi connectivity index (χ0v) is 17.3. The summed E-state index contributed by atoms with van der Waals surface area (Å²) < 4.78 is 0. The summed E-state index contributed by atoms with van der Waals surface area (Å²) in [4.78, 5) is 22.5. The monoisotopic (exact) mass is 367 g/mol. The lowest BCUT2D eigenvalue weighted by Gasteiger charge is -2.23. The molecule has 0 bridgehead atoms. The van der Waals surface area contributed by atoms with Crippen molar-refractivity contribution >= 4 is 11.9 Å². The van der Waals surface area contributed by atoms with Gasteiger partial charge in [0.2, 0.25) is 5.91 Å². The Labute approximate surface area is 160 Å². The SMILES string of the molecule is CCCCCCCC/C=C\CCCCCCC(C)(C)C(=O)NCC(=O)O. The van der Waals surface area contributed by atoms with E-state index >= 15 is 0 Å². The topological polar surface area (TPSA) is 66.4 Å². The number of hydrogen-bond acceptors (Lipinski definition) is 2. The zero-order valence-electron chi connectivity index (χ0n) is 17.3. The zero-order chi connectivity index (χ0) is 19.7. The highest BCUT2D eigenvalue weighted by molar-refractivity contribution is 5.85. The quantitative estimate of drug-likeness (QED) is 0.250. The Morgan fingerprint density at radius 1 is 0.846 bits per heavy atom. The van der Waals surface area contributed by atoms with Crippen molar-refractivity contribution in [2.45, 2.75) is 104 Å². The van der Waals surface area contributed by atoms with Gasteiger partial charge in [0.1, 0.15) is 6.54 Å². The second-order valence-corrected chi connectivity index (χ2v) is 7.94. The average molecular weight is 368 g/mol. The maximum Gasteiger partial charge on any atom is 0.322 e. The number of carbonyl (C=O) groups is 2. The fourth-order valence-electron chi connectivity index (χ4n) is 2.97. The molecule has 0 fully saturated rings. The van der Waals surface area contributed by atoms with Crippen molar-refractivity contribution in [2.75, 3.05) is 6.54 Å². The summed E-state index contributed by atoms with van der Waals surface area (Å²) in [6, 6.07) is 0. The van der Waals surface area contributed by atoms with Crippen LogP contribution in [0.5, 0.6) is 0 Å². The van der Waals surface area contributed by atoms with E-state index in [0.29, 0.717) is 0 Å². The Hall–Kier alpha value is -1.32. The number of amides is 1. The summed E-state index contributed by atoms with van der Waals surface area (Å²) in [5, 5.41) is 11.1. The van der Waals surface area contributed by atoms with Gasteiger partial charge in [0.05, 0.1) is 0 Å². The number of carboxylic acids is 1. The molecule has 0 unspecified atom stereocenters. The third-order valence-electron chi connectivity index (χ3n) is 4.83. The Kier molecular flexibility index (Phi) is 15.1. The first-order chi connectivity index (χ1) is 12.4. The number of rotatable bonds is 17. The van der Waals surface area contributed by atoms with Gasteiger partial charge in [0, 0.05) is 5.41 Å². The fourth-order valence-corrected chi connectivity index (χ4v) is 2.97. The lowest BCUT2D eigenvalue weighted by atomic mass is 9.85. The first kappa shape index (κ1) is 24.7. The van der Waals surface area contributed by atoms with Crippen LogP contribution in [0.1, 0.15) is 104 Å². The van der Waals surface area contributed by atoms with E-state index in [9.17, 15) is 9.59 Å². The van der Waals surface area contributed by atoms with Crippen LogP contribution < -0.4 is 5.32 Å². The fraction of sp³-hybridized carbons (Fsp3) is 0.818. The Balaban J connectivity index is 3.53. The molecule has 0 heterocycles. The number of carbonyl (C=O) groups excluding carboxylic acids is 1. The van der Waals surface area contributed by atoms with Crippen LogP contribution in [-0.2, 0) is 9.59 Å². The highest BCUT2D eigenvalue weighted by atomic mass is 16.4. The Morgan fingerprint density at radius 3 is 1.88 bits per heavy atom. The molecule has 26 heavy (non-hydrogen) atoms. The number of unbranched alkanes of at least 4 members (excludes halogenated alkanes) is 10. The van der Waals surface area contributed by atoms with Crippen LogP contribution in [0.15, 0.2) is 12.2 Å². The minimum absolute atomic E-state index is 0.169. The van der Waals surface area contributed by atoms with E-state index in [1.807, 2.05) is 13.8 Å². The molecular weight excluding hydrogens is 326 g/mol. The third-order valence-corrected chi connectivity index (χ3v) is 4.83. The maximum atomic E-state index is 12.0. The van der Waals surface area contributed by atoms with E-state index in [1.54, 1.807) is 0 Å². The molecule has 0 aromatic heterocycles. The van der Waals surface area contributed by atoms with Crippen LogP contribution >= 0.6 is 0 Å². The molecule has 0 aromatic carbocycles. The second kappa shape index (κ2) is 15.9. The smallest absolute Gasteiger partial charge is 0.322 e. The molecule has 4 heteroatoms. The molecule has 0 spiro atoms. The molecule has 0 aliphatic carbocycles. The number of hydrogen-bond donors (Lipinski definition) is 2. The van der Waals surface area contributed by atoms with Crippen molar-refractivity contribution in [2.24, 2.45) is 5.41 Å².